The molecule has 1 fully saturated rings. The van der Waals surface area contributed by atoms with Gasteiger partial charge in [-0.3, -0.25) is 0 Å². The largest absolute Gasteiger partial charge is 0.449 e. The van der Waals surface area contributed by atoms with E-state index >= 15 is 0 Å². The number of nitrogen functional groups attached to an aromatic ring is 1. The molecule has 0 spiro atoms. The predicted octanol–water partition coefficient (Wildman–Crippen LogP) is 3.21. The summed E-state index contributed by atoms with van der Waals surface area (Å²) in [5.41, 5.74) is 6.72. The van der Waals surface area contributed by atoms with Crippen LogP contribution in [0, 0.1) is 0 Å². The molecule has 1 unspecified atom stereocenters. The number of halogens is 3. The molecule has 3 rings (SSSR count). The van der Waals surface area contributed by atoms with Crippen molar-refractivity contribution in [2.45, 2.75) is 38.1 Å². The van der Waals surface area contributed by atoms with Gasteiger partial charge in [0.2, 0.25) is 5.82 Å². The van der Waals surface area contributed by atoms with Crippen LogP contribution in [-0.4, -0.2) is 22.3 Å². The quantitative estimate of drug-likeness (QED) is 0.866. The molecular formula is C14H16F3N3O. The second-order valence-corrected chi connectivity index (χ2v) is 5.28. The van der Waals surface area contributed by atoms with Crippen LogP contribution >= 0.6 is 0 Å². The third-order valence-electron chi connectivity index (χ3n) is 3.69. The number of anilines is 1. The standard InChI is InChI=1S/C14H16F3N3O/c15-14(16,17)13-19-11-7-9(18)4-5-12(11)20(13)8-10-3-1-2-6-21-10/h4-5,7,10H,1-3,6,8,18H2. The van der Waals surface area contributed by atoms with Gasteiger partial charge in [0.15, 0.2) is 0 Å². The van der Waals surface area contributed by atoms with E-state index in [1.807, 2.05) is 0 Å². The molecule has 0 bridgehead atoms. The molecular weight excluding hydrogens is 283 g/mol. The average Bonchev–Trinajstić information content (AvgIpc) is 2.78. The van der Waals surface area contributed by atoms with Crippen LogP contribution in [0.15, 0.2) is 18.2 Å². The van der Waals surface area contributed by atoms with Crippen LogP contribution in [0.4, 0.5) is 18.9 Å². The summed E-state index contributed by atoms with van der Waals surface area (Å²) in [5, 5.41) is 0. The topological polar surface area (TPSA) is 53.1 Å². The number of ether oxygens (including phenoxy) is 1. The van der Waals surface area contributed by atoms with Crippen molar-refractivity contribution in [3.63, 3.8) is 0 Å². The van der Waals surface area contributed by atoms with E-state index in [-0.39, 0.29) is 18.2 Å². The van der Waals surface area contributed by atoms with E-state index in [0.717, 1.165) is 19.3 Å². The van der Waals surface area contributed by atoms with Crippen molar-refractivity contribution in [1.82, 2.24) is 9.55 Å². The first-order chi connectivity index (χ1) is 9.95. The molecule has 2 aromatic rings. The summed E-state index contributed by atoms with van der Waals surface area (Å²) in [6.07, 6.45) is -1.99. The zero-order valence-corrected chi connectivity index (χ0v) is 11.4. The van der Waals surface area contributed by atoms with E-state index in [1.165, 1.54) is 10.6 Å². The number of alkyl halides is 3. The Balaban J connectivity index is 2.04. The fourth-order valence-electron chi connectivity index (χ4n) is 2.70. The van der Waals surface area contributed by atoms with Gasteiger partial charge in [-0.25, -0.2) is 4.98 Å². The van der Waals surface area contributed by atoms with Crippen LogP contribution in [0.3, 0.4) is 0 Å². The minimum absolute atomic E-state index is 0.162. The number of nitrogens with zero attached hydrogens (tertiary/aromatic N) is 2. The maximum atomic E-state index is 13.2. The Hall–Kier alpha value is -1.76. The number of benzene rings is 1. The lowest BCUT2D eigenvalue weighted by Gasteiger charge is -2.24. The molecule has 114 valence electrons. The number of imidazole rings is 1. The van der Waals surface area contributed by atoms with Crippen molar-refractivity contribution < 1.29 is 17.9 Å². The second kappa shape index (κ2) is 5.22. The van der Waals surface area contributed by atoms with Crippen LogP contribution in [0.1, 0.15) is 25.1 Å². The lowest BCUT2D eigenvalue weighted by atomic mass is 10.1. The highest BCUT2D eigenvalue weighted by atomic mass is 19.4. The summed E-state index contributed by atoms with van der Waals surface area (Å²) in [5.74, 6) is -0.891. The highest BCUT2D eigenvalue weighted by Crippen LogP contribution is 2.33. The van der Waals surface area contributed by atoms with Crippen molar-refractivity contribution in [2.75, 3.05) is 12.3 Å². The number of fused-ring (bicyclic) bond motifs is 1. The van der Waals surface area contributed by atoms with E-state index in [9.17, 15) is 13.2 Å². The molecule has 1 aliphatic heterocycles. The Morgan fingerprint density at radius 2 is 2.14 bits per heavy atom. The molecule has 0 radical (unpaired) electrons. The van der Waals surface area contributed by atoms with Gasteiger partial charge in [-0.05, 0) is 37.5 Å². The Bertz CT molecular complexity index is 645. The van der Waals surface area contributed by atoms with Gasteiger partial charge in [-0.2, -0.15) is 13.2 Å². The van der Waals surface area contributed by atoms with Crippen molar-refractivity contribution >= 4 is 16.7 Å². The maximum Gasteiger partial charge on any atom is 0.449 e. The van der Waals surface area contributed by atoms with Gasteiger partial charge in [-0.1, -0.05) is 0 Å². The molecule has 4 nitrogen and oxygen atoms in total. The van der Waals surface area contributed by atoms with Crippen molar-refractivity contribution in [2.24, 2.45) is 0 Å². The van der Waals surface area contributed by atoms with Crippen molar-refractivity contribution in [3.05, 3.63) is 24.0 Å². The van der Waals surface area contributed by atoms with E-state index in [4.69, 9.17) is 10.5 Å². The molecule has 2 N–H and O–H groups in total. The highest BCUT2D eigenvalue weighted by Gasteiger charge is 2.38. The maximum absolute atomic E-state index is 13.2. The van der Waals surface area contributed by atoms with Crippen LogP contribution in [-0.2, 0) is 17.5 Å². The molecule has 21 heavy (non-hydrogen) atoms. The Kier molecular flexibility index (Phi) is 3.52. The summed E-state index contributed by atoms with van der Waals surface area (Å²) in [7, 11) is 0. The monoisotopic (exact) mass is 299 g/mol. The molecule has 7 heteroatoms. The van der Waals surface area contributed by atoms with Gasteiger partial charge < -0.3 is 15.0 Å². The molecule has 2 heterocycles. The summed E-state index contributed by atoms with van der Waals surface area (Å²) in [6, 6.07) is 4.63. The molecule has 0 amide bonds. The number of nitrogens with two attached hydrogens (primary N) is 1. The number of aromatic nitrogens is 2. The third-order valence-corrected chi connectivity index (χ3v) is 3.69. The van der Waals surface area contributed by atoms with Gasteiger partial charge in [0.25, 0.3) is 0 Å². The van der Waals surface area contributed by atoms with Crippen LogP contribution in [0.25, 0.3) is 11.0 Å². The smallest absolute Gasteiger partial charge is 0.399 e. The second-order valence-electron chi connectivity index (χ2n) is 5.28. The summed E-state index contributed by atoms with van der Waals surface area (Å²) >= 11 is 0. The zero-order valence-electron chi connectivity index (χ0n) is 11.4. The van der Waals surface area contributed by atoms with Crippen molar-refractivity contribution in [1.29, 1.82) is 0 Å². The van der Waals surface area contributed by atoms with Crippen LogP contribution < -0.4 is 5.73 Å². The van der Waals surface area contributed by atoms with E-state index in [2.05, 4.69) is 4.98 Å². The van der Waals surface area contributed by atoms with E-state index in [0.29, 0.717) is 17.8 Å². The molecule has 1 aromatic heterocycles. The molecule has 1 atom stereocenters. The van der Waals surface area contributed by atoms with Gasteiger partial charge in [0.1, 0.15) is 0 Å². The first-order valence-electron chi connectivity index (χ1n) is 6.90. The molecule has 1 aliphatic rings. The predicted molar refractivity (Wildman–Crippen MR) is 72.7 cm³/mol. The summed E-state index contributed by atoms with van der Waals surface area (Å²) in [6.45, 7) is 0.765. The molecule has 1 aromatic carbocycles. The minimum Gasteiger partial charge on any atom is -0.399 e. The highest BCUT2D eigenvalue weighted by molar-refractivity contribution is 5.79. The summed E-state index contributed by atoms with van der Waals surface area (Å²) < 4.78 is 46.3. The lowest BCUT2D eigenvalue weighted by Crippen LogP contribution is -2.27. The fraction of sp³-hybridized carbons (Fsp3) is 0.500. The average molecular weight is 299 g/mol. The number of hydrogen-bond donors (Lipinski definition) is 1. The Morgan fingerprint density at radius 1 is 1.33 bits per heavy atom. The first-order valence-corrected chi connectivity index (χ1v) is 6.90. The third kappa shape index (κ3) is 2.83. The van der Waals surface area contributed by atoms with E-state index in [1.54, 1.807) is 12.1 Å². The fourth-order valence-corrected chi connectivity index (χ4v) is 2.70. The van der Waals surface area contributed by atoms with Crippen LogP contribution in [0.5, 0.6) is 0 Å². The first kappa shape index (κ1) is 14.2. The SMILES string of the molecule is Nc1ccc2c(c1)nc(C(F)(F)F)n2CC1CCCCO1. The van der Waals surface area contributed by atoms with Gasteiger partial charge in [0, 0.05) is 12.3 Å². The molecule has 0 saturated carbocycles. The Morgan fingerprint density at radius 3 is 2.81 bits per heavy atom. The molecule has 1 saturated heterocycles. The summed E-state index contributed by atoms with van der Waals surface area (Å²) in [4.78, 5) is 3.71. The zero-order chi connectivity index (χ0) is 15.0. The number of hydrogen-bond acceptors (Lipinski definition) is 3. The van der Waals surface area contributed by atoms with Gasteiger partial charge in [-0.15, -0.1) is 0 Å². The van der Waals surface area contributed by atoms with Crippen LogP contribution in [0.2, 0.25) is 0 Å². The minimum atomic E-state index is -4.50. The molecule has 0 aliphatic carbocycles. The number of rotatable bonds is 2. The normalized spacial score (nSPS) is 20.0. The van der Waals surface area contributed by atoms with Crippen molar-refractivity contribution in [3.8, 4) is 0 Å². The van der Waals surface area contributed by atoms with E-state index < -0.39 is 12.0 Å². The van der Waals surface area contributed by atoms with Gasteiger partial charge in [0.05, 0.1) is 23.7 Å². The van der Waals surface area contributed by atoms with Gasteiger partial charge >= 0.3 is 6.18 Å². The Labute approximate surface area is 119 Å². The lowest BCUT2D eigenvalue weighted by molar-refractivity contribution is -0.147.